The Labute approximate surface area is 121 Å². The van der Waals surface area contributed by atoms with E-state index in [9.17, 15) is 0 Å². The van der Waals surface area contributed by atoms with Crippen LogP contribution in [0.5, 0.6) is 0 Å². The third-order valence-electron chi connectivity index (χ3n) is 5.09. The van der Waals surface area contributed by atoms with Crippen molar-refractivity contribution in [3.63, 3.8) is 0 Å². The lowest BCUT2D eigenvalue weighted by Crippen LogP contribution is -2.46. The number of nitrogens with one attached hydrogen (secondary N) is 1. The second-order valence-electron chi connectivity index (χ2n) is 6.42. The van der Waals surface area contributed by atoms with E-state index in [1.807, 2.05) is 12.1 Å². The number of benzene rings is 1. The predicted octanol–water partition coefficient (Wildman–Crippen LogP) is 4.75. The molecule has 19 heavy (non-hydrogen) atoms. The highest BCUT2D eigenvalue weighted by molar-refractivity contribution is 6.30. The topological polar surface area (TPSA) is 12.0 Å². The molecule has 0 aliphatic heterocycles. The molecule has 2 aliphatic rings. The molecule has 1 unspecified atom stereocenters. The summed E-state index contributed by atoms with van der Waals surface area (Å²) in [4.78, 5) is 0. The van der Waals surface area contributed by atoms with Gasteiger partial charge in [0.05, 0.1) is 0 Å². The maximum atomic E-state index is 5.94. The Morgan fingerprint density at radius 3 is 2.37 bits per heavy atom. The summed E-state index contributed by atoms with van der Waals surface area (Å²) in [7, 11) is 0. The SMILES string of the molecule is CC(NC1CC(c2ccc(Cl)cc2)C1)C1CCCC1. The normalized spacial score (nSPS) is 29.2. The van der Waals surface area contributed by atoms with E-state index in [-0.39, 0.29) is 0 Å². The van der Waals surface area contributed by atoms with Crippen molar-refractivity contribution in [3.8, 4) is 0 Å². The van der Waals surface area contributed by atoms with Crippen molar-refractivity contribution >= 4 is 11.6 Å². The Morgan fingerprint density at radius 2 is 1.74 bits per heavy atom. The van der Waals surface area contributed by atoms with Crippen molar-refractivity contribution in [2.45, 2.75) is 63.5 Å². The lowest BCUT2D eigenvalue weighted by molar-refractivity contribution is 0.239. The number of hydrogen-bond acceptors (Lipinski definition) is 1. The van der Waals surface area contributed by atoms with Crippen LogP contribution in [0.15, 0.2) is 24.3 Å². The second kappa shape index (κ2) is 5.85. The molecule has 2 aliphatic carbocycles. The molecule has 1 nitrogen and oxygen atoms in total. The van der Waals surface area contributed by atoms with Crippen molar-refractivity contribution in [1.29, 1.82) is 0 Å². The molecule has 0 amide bonds. The smallest absolute Gasteiger partial charge is 0.0406 e. The van der Waals surface area contributed by atoms with E-state index in [0.717, 1.165) is 22.9 Å². The molecule has 0 radical (unpaired) electrons. The zero-order chi connectivity index (χ0) is 13.2. The summed E-state index contributed by atoms with van der Waals surface area (Å²) in [5.41, 5.74) is 1.45. The second-order valence-corrected chi connectivity index (χ2v) is 6.85. The van der Waals surface area contributed by atoms with E-state index in [0.29, 0.717) is 6.04 Å². The molecule has 0 heterocycles. The van der Waals surface area contributed by atoms with E-state index in [1.165, 1.54) is 44.1 Å². The van der Waals surface area contributed by atoms with Crippen molar-refractivity contribution in [2.24, 2.45) is 5.92 Å². The van der Waals surface area contributed by atoms with Crippen molar-refractivity contribution in [3.05, 3.63) is 34.9 Å². The van der Waals surface area contributed by atoms with Crippen molar-refractivity contribution < 1.29 is 0 Å². The Bertz CT molecular complexity index is 402. The van der Waals surface area contributed by atoms with E-state index in [2.05, 4.69) is 24.4 Å². The molecule has 0 saturated heterocycles. The number of hydrogen-bond donors (Lipinski definition) is 1. The van der Waals surface area contributed by atoms with Crippen molar-refractivity contribution in [2.75, 3.05) is 0 Å². The van der Waals surface area contributed by atoms with Crippen LogP contribution in [-0.2, 0) is 0 Å². The average Bonchev–Trinajstić information content (AvgIpc) is 2.88. The zero-order valence-electron chi connectivity index (χ0n) is 11.7. The van der Waals surface area contributed by atoms with Gasteiger partial charge in [-0.15, -0.1) is 0 Å². The fraction of sp³-hybridized carbons (Fsp3) is 0.647. The van der Waals surface area contributed by atoms with Gasteiger partial charge in [0.1, 0.15) is 0 Å². The van der Waals surface area contributed by atoms with Crippen LogP contribution in [-0.4, -0.2) is 12.1 Å². The quantitative estimate of drug-likeness (QED) is 0.837. The summed E-state index contributed by atoms with van der Waals surface area (Å²) < 4.78 is 0. The van der Waals surface area contributed by atoms with Gasteiger partial charge in [-0.2, -0.15) is 0 Å². The van der Waals surface area contributed by atoms with Gasteiger partial charge in [0.2, 0.25) is 0 Å². The summed E-state index contributed by atoms with van der Waals surface area (Å²) in [5.74, 6) is 1.67. The van der Waals surface area contributed by atoms with Gasteiger partial charge in [-0.05, 0) is 62.1 Å². The molecule has 2 fully saturated rings. The van der Waals surface area contributed by atoms with Crippen LogP contribution in [0.4, 0.5) is 0 Å². The van der Waals surface area contributed by atoms with Gasteiger partial charge in [-0.1, -0.05) is 36.6 Å². The minimum atomic E-state index is 0.707. The summed E-state index contributed by atoms with van der Waals surface area (Å²) in [6.45, 7) is 2.38. The standard InChI is InChI=1S/C17H24ClN/c1-12(13-4-2-3-5-13)19-17-10-15(11-17)14-6-8-16(18)9-7-14/h6-9,12-13,15,17,19H,2-5,10-11H2,1H3. The molecule has 1 aromatic carbocycles. The largest absolute Gasteiger partial charge is 0.311 e. The molecule has 1 atom stereocenters. The molecule has 104 valence electrons. The first-order chi connectivity index (χ1) is 9.22. The highest BCUT2D eigenvalue weighted by atomic mass is 35.5. The van der Waals surface area contributed by atoms with Crippen LogP contribution in [0.2, 0.25) is 5.02 Å². The molecule has 0 spiro atoms. The molecule has 1 aromatic rings. The summed E-state index contributed by atoms with van der Waals surface area (Å²) >= 11 is 5.94. The summed E-state index contributed by atoms with van der Waals surface area (Å²) in [6.07, 6.45) is 8.32. The van der Waals surface area contributed by atoms with Gasteiger partial charge < -0.3 is 5.32 Å². The molecule has 2 heteroatoms. The summed E-state index contributed by atoms with van der Waals surface area (Å²) in [5, 5.41) is 4.68. The molecule has 0 aromatic heterocycles. The van der Waals surface area contributed by atoms with Crippen LogP contribution in [0, 0.1) is 5.92 Å². The molecule has 0 bridgehead atoms. The van der Waals surface area contributed by atoms with E-state index < -0.39 is 0 Å². The van der Waals surface area contributed by atoms with Gasteiger partial charge in [0.15, 0.2) is 0 Å². The minimum Gasteiger partial charge on any atom is -0.311 e. The molecular weight excluding hydrogens is 254 g/mol. The van der Waals surface area contributed by atoms with Crippen LogP contribution in [0.3, 0.4) is 0 Å². The zero-order valence-corrected chi connectivity index (χ0v) is 12.5. The Hall–Kier alpha value is -0.530. The lowest BCUT2D eigenvalue weighted by Gasteiger charge is -2.39. The first-order valence-corrected chi connectivity index (χ1v) is 8.11. The van der Waals surface area contributed by atoms with Crippen LogP contribution in [0.25, 0.3) is 0 Å². The molecule has 2 saturated carbocycles. The third kappa shape index (κ3) is 3.14. The van der Waals surface area contributed by atoms with Gasteiger partial charge in [-0.25, -0.2) is 0 Å². The van der Waals surface area contributed by atoms with E-state index in [4.69, 9.17) is 11.6 Å². The Kier molecular flexibility index (Phi) is 4.14. The highest BCUT2D eigenvalue weighted by Gasteiger charge is 2.32. The first kappa shape index (κ1) is 13.5. The molecule has 1 N–H and O–H groups in total. The number of rotatable bonds is 4. The minimum absolute atomic E-state index is 0.707. The van der Waals surface area contributed by atoms with Crippen LogP contribution in [0.1, 0.15) is 56.9 Å². The van der Waals surface area contributed by atoms with Gasteiger partial charge in [0.25, 0.3) is 0 Å². The Morgan fingerprint density at radius 1 is 1.11 bits per heavy atom. The molecular formula is C17H24ClN. The van der Waals surface area contributed by atoms with Gasteiger partial charge in [-0.3, -0.25) is 0 Å². The fourth-order valence-electron chi connectivity index (χ4n) is 3.73. The Balaban J connectivity index is 1.46. The number of halogens is 1. The van der Waals surface area contributed by atoms with Crippen LogP contribution >= 0.6 is 11.6 Å². The first-order valence-electron chi connectivity index (χ1n) is 7.74. The lowest BCUT2D eigenvalue weighted by atomic mass is 9.75. The monoisotopic (exact) mass is 277 g/mol. The maximum Gasteiger partial charge on any atom is 0.0406 e. The van der Waals surface area contributed by atoms with Gasteiger partial charge in [0, 0.05) is 17.1 Å². The van der Waals surface area contributed by atoms with E-state index >= 15 is 0 Å². The molecule has 3 rings (SSSR count). The van der Waals surface area contributed by atoms with Crippen molar-refractivity contribution in [1.82, 2.24) is 5.32 Å². The van der Waals surface area contributed by atoms with E-state index in [1.54, 1.807) is 0 Å². The van der Waals surface area contributed by atoms with Crippen LogP contribution < -0.4 is 5.32 Å². The fourth-order valence-corrected chi connectivity index (χ4v) is 3.85. The predicted molar refractivity (Wildman–Crippen MR) is 81.8 cm³/mol. The van der Waals surface area contributed by atoms with Gasteiger partial charge >= 0.3 is 0 Å². The highest BCUT2D eigenvalue weighted by Crippen LogP contribution is 2.38. The maximum absolute atomic E-state index is 5.94. The summed E-state index contributed by atoms with van der Waals surface area (Å²) in [6, 6.07) is 9.83. The average molecular weight is 278 g/mol. The third-order valence-corrected chi connectivity index (χ3v) is 5.34.